The second-order valence-electron chi connectivity index (χ2n) is 2.96. The van der Waals surface area contributed by atoms with Crippen LogP contribution in [0.25, 0.3) is 0 Å². The number of anilines is 1. The third-order valence-corrected chi connectivity index (χ3v) is 1.77. The third-order valence-electron chi connectivity index (χ3n) is 1.77. The van der Waals surface area contributed by atoms with Crippen LogP contribution in [0.1, 0.15) is 31.9 Å². The molecule has 0 saturated carbocycles. The molecule has 0 unspecified atom stereocenters. The molecule has 0 fully saturated rings. The van der Waals surface area contributed by atoms with Gasteiger partial charge in [0.05, 0.1) is 0 Å². The Morgan fingerprint density at radius 3 is 2.92 bits per heavy atom. The fraction of sp³-hybridized carbons (Fsp3) is 0.556. The van der Waals surface area contributed by atoms with E-state index in [4.69, 9.17) is 10.2 Å². The van der Waals surface area contributed by atoms with E-state index in [9.17, 15) is 4.79 Å². The van der Waals surface area contributed by atoms with Gasteiger partial charge in [0.25, 0.3) is 11.6 Å². The molecule has 0 aromatic carbocycles. The summed E-state index contributed by atoms with van der Waals surface area (Å²) in [6.07, 6.45) is 4.05. The minimum absolute atomic E-state index is 0.0426. The molecule has 4 heteroatoms. The van der Waals surface area contributed by atoms with Crippen molar-refractivity contribution in [2.24, 2.45) is 0 Å². The van der Waals surface area contributed by atoms with E-state index in [1.165, 1.54) is 6.07 Å². The summed E-state index contributed by atoms with van der Waals surface area (Å²) in [5.41, 5.74) is 4.96. The topological polar surface area (TPSA) is 69.1 Å². The lowest BCUT2D eigenvalue weighted by molar-refractivity contribution is 0.481. The zero-order chi connectivity index (χ0) is 9.68. The van der Waals surface area contributed by atoms with Crippen LogP contribution in [-0.4, -0.2) is 4.98 Å². The number of unbranched alkanes of at least 4 members (excludes halogenated alkanes) is 2. The summed E-state index contributed by atoms with van der Waals surface area (Å²) in [5.74, 6) is 0.631. The third kappa shape index (κ3) is 3.27. The smallest absolute Gasteiger partial charge is 0.295 e. The number of hydrogen-bond donors (Lipinski definition) is 1. The Balaban J connectivity index is 2.61. The maximum Gasteiger partial charge on any atom is 0.295 e. The molecule has 1 aromatic heterocycles. The molecule has 1 rings (SSSR count). The second-order valence-corrected chi connectivity index (χ2v) is 2.96. The van der Waals surface area contributed by atoms with Crippen molar-refractivity contribution in [3.05, 3.63) is 22.2 Å². The Bertz CT molecular complexity index is 320. The van der Waals surface area contributed by atoms with Gasteiger partial charge in [-0.15, -0.1) is 0 Å². The van der Waals surface area contributed by atoms with Crippen LogP contribution in [0, 0.1) is 0 Å². The number of aromatic nitrogens is 1. The molecule has 0 aliphatic heterocycles. The molecule has 0 radical (unpaired) electrons. The molecule has 13 heavy (non-hydrogen) atoms. The van der Waals surface area contributed by atoms with Gasteiger partial charge in [-0.1, -0.05) is 19.8 Å². The Morgan fingerprint density at radius 2 is 2.31 bits per heavy atom. The molecule has 0 saturated heterocycles. The highest BCUT2D eigenvalue weighted by atomic mass is 16.4. The summed E-state index contributed by atoms with van der Waals surface area (Å²) in [6.45, 7) is 2.12. The van der Waals surface area contributed by atoms with Crippen molar-refractivity contribution >= 4 is 6.01 Å². The summed E-state index contributed by atoms with van der Waals surface area (Å²) >= 11 is 0. The van der Waals surface area contributed by atoms with Gasteiger partial charge in [0.15, 0.2) is 0 Å². The molecule has 0 aliphatic carbocycles. The van der Waals surface area contributed by atoms with Crippen molar-refractivity contribution in [2.45, 2.75) is 32.6 Å². The minimum atomic E-state index is -0.324. The van der Waals surface area contributed by atoms with Crippen molar-refractivity contribution in [1.82, 2.24) is 4.98 Å². The van der Waals surface area contributed by atoms with Crippen molar-refractivity contribution in [3.63, 3.8) is 0 Å². The standard InChI is InChI=1S/C9H14N2O2/c1-2-3-4-5-7-6-8(12)11-9(10)13-7/h6H,2-5H2,1H3,(H2,10,11,12). The predicted octanol–water partition coefficient (Wildman–Crippen LogP) is 1.35. The van der Waals surface area contributed by atoms with Gasteiger partial charge in [0.1, 0.15) is 5.76 Å². The molecule has 4 nitrogen and oxygen atoms in total. The second kappa shape index (κ2) is 4.64. The summed E-state index contributed by atoms with van der Waals surface area (Å²) in [6, 6.07) is 1.35. The first kappa shape index (κ1) is 9.77. The largest absolute Gasteiger partial charge is 0.430 e. The van der Waals surface area contributed by atoms with E-state index in [0.717, 1.165) is 25.7 Å². The van der Waals surface area contributed by atoms with Gasteiger partial charge in [-0.05, 0) is 6.42 Å². The van der Waals surface area contributed by atoms with Crippen molar-refractivity contribution in [2.75, 3.05) is 5.73 Å². The van der Waals surface area contributed by atoms with E-state index >= 15 is 0 Å². The van der Waals surface area contributed by atoms with Gasteiger partial charge < -0.3 is 10.2 Å². The van der Waals surface area contributed by atoms with Crippen LogP contribution in [0.2, 0.25) is 0 Å². The number of hydrogen-bond acceptors (Lipinski definition) is 4. The van der Waals surface area contributed by atoms with Crippen molar-refractivity contribution in [3.8, 4) is 0 Å². The quantitative estimate of drug-likeness (QED) is 0.713. The monoisotopic (exact) mass is 182 g/mol. The number of aryl methyl sites for hydroxylation is 1. The van der Waals surface area contributed by atoms with Crippen LogP contribution >= 0.6 is 0 Å². The van der Waals surface area contributed by atoms with Crippen molar-refractivity contribution in [1.29, 1.82) is 0 Å². The Kier molecular flexibility index (Phi) is 3.49. The lowest BCUT2D eigenvalue weighted by atomic mass is 10.2. The van der Waals surface area contributed by atoms with Crippen molar-refractivity contribution < 1.29 is 4.42 Å². The number of nitrogen functional groups attached to an aromatic ring is 1. The van der Waals surface area contributed by atoms with Gasteiger partial charge in [-0.25, -0.2) is 0 Å². The summed E-state index contributed by atoms with van der Waals surface area (Å²) in [4.78, 5) is 14.3. The van der Waals surface area contributed by atoms with Gasteiger partial charge in [-0.2, -0.15) is 4.98 Å². The molecule has 0 aliphatic rings. The van der Waals surface area contributed by atoms with E-state index in [0.29, 0.717) is 5.76 Å². The summed E-state index contributed by atoms with van der Waals surface area (Å²) in [5, 5.41) is 0. The molecule has 0 amide bonds. The molecule has 1 heterocycles. The summed E-state index contributed by atoms with van der Waals surface area (Å²) in [7, 11) is 0. The average molecular weight is 182 g/mol. The maximum absolute atomic E-state index is 10.9. The summed E-state index contributed by atoms with van der Waals surface area (Å²) < 4.78 is 5.07. The molecule has 72 valence electrons. The Morgan fingerprint density at radius 1 is 1.54 bits per heavy atom. The fourth-order valence-corrected chi connectivity index (χ4v) is 1.14. The van der Waals surface area contributed by atoms with Crippen LogP contribution in [0.3, 0.4) is 0 Å². The molecule has 0 bridgehead atoms. The lowest BCUT2D eigenvalue weighted by Crippen LogP contribution is -2.08. The van der Waals surface area contributed by atoms with E-state index < -0.39 is 0 Å². The molecular weight excluding hydrogens is 168 g/mol. The zero-order valence-corrected chi connectivity index (χ0v) is 7.75. The first-order chi connectivity index (χ1) is 6.22. The number of nitrogens with zero attached hydrogens (tertiary/aromatic N) is 1. The highest BCUT2D eigenvalue weighted by Crippen LogP contribution is 2.06. The van der Waals surface area contributed by atoms with Gasteiger partial charge >= 0.3 is 0 Å². The number of nitrogens with two attached hydrogens (primary N) is 1. The predicted molar refractivity (Wildman–Crippen MR) is 50.4 cm³/mol. The van der Waals surface area contributed by atoms with E-state index in [-0.39, 0.29) is 11.6 Å². The molecule has 0 spiro atoms. The highest BCUT2D eigenvalue weighted by molar-refractivity contribution is 5.10. The normalized spacial score (nSPS) is 10.2. The average Bonchev–Trinajstić information content (AvgIpc) is 2.03. The first-order valence-corrected chi connectivity index (χ1v) is 4.49. The van der Waals surface area contributed by atoms with Gasteiger partial charge in [0.2, 0.25) is 0 Å². The Labute approximate surface area is 76.8 Å². The SMILES string of the molecule is CCCCCc1cc(=O)nc(N)o1. The van der Waals surface area contributed by atoms with E-state index in [1.807, 2.05) is 0 Å². The molecule has 1 aromatic rings. The number of rotatable bonds is 4. The van der Waals surface area contributed by atoms with Crippen LogP contribution < -0.4 is 11.3 Å². The molecular formula is C9H14N2O2. The first-order valence-electron chi connectivity index (χ1n) is 4.49. The minimum Gasteiger partial charge on any atom is -0.430 e. The van der Waals surface area contributed by atoms with E-state index in [1.54, 1.807) is 0 Å². The van der Waals surface area contributed by atoms with Crippen LogP contribution in [0.15, 0.2) is 15.3 Å². The lowest BCUT2D eigenvalue weighted by Gasteiger charge is -1.99. The molecule has 2 N–H and O–H groups in total. The van der Waals surface area contributed by atoms with Crippen LogP contribution in [0.4, 0.5) is 6.01 Å². The van der Waals surface area contributed by atoms with Gasteiger partial charge in [-0.3, -0.25) is 4.79 Å². The highest BCUT2D eigenvalue weighted by Gasteiger charge is 1.99. The molecule has 0 atom stereocenters. The zero-order valence-electron chi connectivity index (χ0n) is 7.75. The van der Waals surface area contributed by atoms with E-state index in [2.05, 4.69) is 11.9 Å². The van der Waals surface area contributed by atoms with Gasteiger partial charge in [0, 0.05) is 12.5 Å². The van der Waals surface area contributed by atoms with Crippen LogP contribution in [0.5, 0.6) is 0 Å². The Hall–Kier alpha value is -1.32. The maximum atomic E-state index is 10.9. The fourth-order valence-electron chi connectivity index (χ4n) is 1.14. The van der Waals surface area contributed by atoms with Crippen LogP contribution in [-0.2, 0) is 6.42 Å².